The van der Waals surface area contributed by atoms with E-state index in [1.165, 1.54) is 16.7 Å². The monoisotopic (exact) mass is 292 g/mol. The number of aromatic nitrogens is 2. The van der Waals surface area contributed by atoms with Crippen LogP contribution in [-0.2, 0) is 17.6 Å². The Morgan fingerprint density at radius 1 is 1.14 bits per heavy atom. The van der Waals surface area contributed by atoms with Gasteiger partial charge in [0.15, 0.2) is 5.69 Å². The van der Waals surface area contributed by atoms with Gasteiger partial charge >= 0.3 is 0 Å². The van der Waals surface area contributed by atoms with Gasteiger partial charge in [-0.25, -0.2) is 5.01 Å². The Kier molecular flexibility index (Phi) is 2.92. The van der Waals surface area contributed by atoms with Crippen molar-refractivity contribution in [3.05, 3.63) is 59.6 Å². The van der Waals surface area contributed by atoms with E-state index in [1.54, 1.807) is 12.1 Å². The van der Waals surface area contributed by atoms with Gasteiger partial charge in [-0.05, 0) is 43.0 Å². The first-order valence-electron chi connectivity index (χ1n) is 7.37. The molecule has 0 amide bonds. The van der Waals surface area contributed by atoms with E-state index in [9.17, 15) is 0 Å². The fraction of sp³-hybridized carbons (Fsp3) is 0.235. The van der Waals surface area contributed by atoms with Crippen molar-refractivity contribution in [1.82, 2.24) is 15.2 Å². The highest BCUT2D eigenvalue weighted by Crippen LogP contribution is 2.31. The lowest BCUT2D eigenvalue weighted by Crippen LogP contribution is -2.07. The van der Waals surface area contributed by atoms with E-state index in [2.05, 4.69) is 40.1 Å². The van der Waals surface area contributed by atoms with Gasteiger partial charge < -0.3 is 4.74 Å². The predicted molar refractivity (Wildman–Crippen MR) is 84.0 cm³/mol. The summed E-state index contributed by atoms with van der Waals surface area (Å²) in [6.07, 6.45) is 3.16. The second kappa shape index (κ2) is 4.94. The van der Waals surface area contributed by atoms with Gasteiger partial charge in [0.05, 0.1) is 5.69 Å². The van der Waals surface area contributed by atoms with Crippen LogP contribution in [0, 0.1) is 0 Å². The summed E-state index contributed by atoms with van der Waals surface area (Å²) in [5, 5.41) is 14.6. The minimum atomic E-state index is 0.459. The number of aryl methyl sites for hydroxylation is 2. The smallest absolute Gasteiger partial charge is 0.266 e. The Morgan fingerprint density at radius 2 is 1.95 bits per heavy atom. The Balaban J connectivity index is 1.79. The summed E-state index contributed by atoms with van der Waals surface area (Å²) in [6, 6.07) is 10.5. The van der Waals surface area contributed by atoms with Gasteiger partial charge in [-0.15, -0.1) is 15.3 Å². The van der Waals surface area contributed by atoms with Crippen molar-refractivity contribution in [2.24, 2.45) is 5.10 Å². The number of ether oxygens (including phenoxy) is 1. The lowest BCUT2D eigenvalue weighted by atomic mass is 10.0. The number of fused-ring (bicyclic) bond motifs is 3. The molecule has 5 nitrogen and oxygen atoms in total. The zero-order valence-electron chi connectivity index (χ0n) is 12.4. The van der Waals surface area contributed by atoms with Crippen LogP contribution < -0.4 is 0 Å². The third kappa shape index (κ3) is 2.06. The van der Waals surface area contributed by atoms with Crippen molar-refractivity contribution >= 4 is 5.90 Å². The molecule has 0 fully saturated rings. The molecule has 0 bridgehead atoms. The summed E-state index contributed by atoms with van der Waals surface area (Å²) in [4.78, 5) is 0. The van der Waals surface area contributed by atoms with Crippen LogP contribution >= 0.6 is 0 Å². The van der Waals surface area contributed by atoms with Crippen molar-refractivity contribution < 1.29 is 4.74 Å². The van der Waals surface area contributed by atoms with Crippen LogP contribution in [0.1, 0.15) is 23.2 Å². The van der Waals surface area contributed by atoms with Crippen molar-refractivity contribution in [2.75, 3.05) is 7.05 Å². The molecule has 1 aliphatic carbocycles. The minimum Gasteiger partial charge on any atom is -0.418 e. The standard InChI is InChI=1S/C17H16N4O/c1-11-21(2)20-17(22-11)15-10-13-8-5-7-12-6-3-4-9-14(12)16(13)19-18-15/h3-4,6,9-10H,1,5,7-8H2,2H3. The maximum absolute atomic E-state index is 5.53. The Morgan fingerprint density at radius 3 is 2.77 bits per heavy atom. The molecule has 5 heteroatoms. The average Bonchev–Trinajstić information content (AvgIpc) is 2.77. The zero-order chi connectivity index (χ0) is 15.1. The first-order chi connectivity index (χ1) is 10.7. The molecule has 1 aromatic heterocycles. The second-order valence-corrected chi connectivity index (χ2v) is 5.54. The molecule has 2 aromatic rings. The molecule has 2 aliphatic rings. The van der Waals surface area contributed by atoms with E-state index in [4.69, 9.17) is 4.74 Å². The first kappa shape index (κ1) is 13.0. The van der Waals surface area contributed by atoms with E-state index in [1.807, 2.05) is 12.1 Å². The first-order valence-corrected chi connectivity index (χ1v) is 7.37. The van der Waals surface area contributed by atoms with Gasteiger partial charge in [-0.2, -0.15) is 0 Å². The topological polar surface area (TPSA) is 50.6 Å². The fourth-order valence-electron chi connectivity index (χ4n) is 2.88. The fourth-order valence-corrected chi connectivity index (χ4v) is 2.88. The number of rotatable bonds is 1. The van der Waals surface area contributed by atoms with E-state index >= 15 is 0 Å². The van der Waals surface area contributed by atoms with Crippen LogP contribution in [0.3, 0.4) is 0 Å². The molecular formula is C17H16N4O. The van der Waals surface area contributed by atoms with Crippen molar-refractivity contribution in [3.8, 4) is 11.3 Å². The quantitative estimate of drug-likeness (QED) is 0.811. The molecule has 1 aromatic carbocycles. The van der Waals surface area contributed by atoms with Crippen molar-refractivity contribution in [2.45, 2.75) is 19.3 Å². The summed E-state index contributed by atoms with van der Waals surface area (Å²) in [6.45, 7) is 3.78. The SMILES string of the molecule is C=C1OC(c2cc3c(nn2)-c2ccccc2CCC3)=NN1C. The molecule has 0 saturated heterocycles. The Labute approximate surface area is 128 Å². The molecule has 22 heavy (non-hydrogen) atoms. The van der Waals surface area contributed by atoms with Gasteiger partial charge in [0, 0.05) is 12.6 Å². The lowest BCUT2D eigenvalue weighted by Gasteiger charge is -2.08. The molecule has 0 unspecified atom stereocenters. The molecular weight excluding hydrogens is 276 g/mol. The largest absolute Gasteiger partial charge is 0.418 e. The van der Waals surface area contributed by atoms with Crippen LogP contribution in [0.2, 0.25) is 0 Å². The van der Waals surface area contributed by atoms with E-state index in [0.29, 0.717) is 17.5 Å². The Bertz CT molecular complexity index is 797. The summed E-state index contributed by atoms with van der Waals surface area (Å²) in [5.41, 5.74) is 5.35. The molecule has 4 rings (SSSR count). The van der Waals surface area contributed by atoms with Crippen LogP contribution in [0.5, 0.6) is 0 Å². The summed E-state index contributed by atoms with van der Waals surface area (Å²) in [7, 11) is 1.79. The number of hydrogen-bond acceptors (Lipinski definition) is 5. The third-order valence-electron chi connectivity index (χ3n) is 4.07. The van der Waals surface area contributed by atoms with Gasteiger partial charge in [-0.1, -0.05) is 24.3 Å². The summed E-state index contributed by atoms with van der Waals surface area (Å²) >= 11 is 0. The van der Waals surface area contributed by atoms with Crippen LogP contribution in [-0.4, -0.2) is 28.2 Å². The average molecular weight is 292 g/mol. The van der Waals surface area contributed by atoms with Gasteiger partial charge in [0.25, 0.3) is 5.90 Å². The van der Waals surface area contributed by atoms with E-state index in [0.717, 1.165) is 25.0 Å². The number of nitrogens with zero attached hydrogens (tertiary/aromatic N) is 4. The molecule has 0 N–H and O–H groups in total. The van der Waals surface area contributed by atoms with Crippen LogP contribution in [0.4, 0.5) is 0 Å². The number of hydrogen-bond donors (Lipinski definition) is 0. The maximum Gasteiger partial charge on any atom is 0.266 e. The maximum atomic E-state index is 5.53. The molecule has 0 atom stereocenters. The highest BCUT2D eigenvalue weighted by molar-refractivity contribution is 5.94. The lowest BCUT2D eigenvalue weighted by molar-refractivity contribution is 0.308. The Hall–Kier alpha value is -2.69. The van der Waals surface area contributed by atoms with Gasteiger partial charge in [0.1, 0.15) is 0 Å². The zero-order valence-corrected chi connectivity index (χ0v) is 12.4. The molecule has 1 aliphatic heterocycles. The van der Waals surface area contributed by atoms with Crippen LogP contribution in [0.25, 0.3) is 11.3 Å². The molecule has 0 spiro atoms. The molecule has 110 valence electrons. The number of benzene rings is 1. The van der Waals surface area contributed by atoms with E-state index in [-0.39, 0.29) is 0 Å². The van der Waals surface area contributed by atoms with Gasteiger partial charge in [-0.3, -0.25) is 0 Å². The molecule has 2 heterocycles. The summed E-state index contributed by atoms with van der Waals surface area (Å²) < 4.78 is 5.53. The highest BCUT2D eigenvalue weighted by atomic mass is 16.5. The third-order valence-corrected chi connectivity index (χ3v) is 4.07. The van der Waals surface area contributed by atoms with Crippen molar-refractivity contribution in [1.29, 1.82) is 0 Å². The minimum absolute atomic E-state index is 0.459. The van der Waals surface area contributed by atoms with Gasteiger partial charge in [0.2, 0.25) is 5.88 Å². The normalized spacial score (nSPS) is 16.5. The second-order valence-electron chi connectivity index (χ2n) is 5.54. The molecule has 0 saturated carbocycles. The van der Waals surface area contributed by atoms with E-state index < -0.39 is 0 Å². The highest BCUT2D eigenvalue weighted by Gasteiger charge is 2.23. The predicted octanol–water partition coefficient (Wildman–Crippen LogP) is 2.73. The van der Waals surface area contributed by atoms with Crippen LogP contribution in [0.15, 0.2) is 47.9 Å². The van der Waals surface area contributed by atoms with Crippen molar-refractivity contribution in [3.63, 3.8) is 0 Å². The molecule has 0 radical (unpaired) electrons. The summed E-state index contributed by atoms with van der Waals surface area (Å²) in [5.74, 6) is 0.956. The number of hydrazone groups is 1.